The second kappa shape index (κ2) is 14.6. The number of amidine groups is 1. The SMILES string of the molecule is C/C(=N\C#N)N(C)Cc1ccc(Cl)nc1.CCN(Cc1ccc(Cl)nc1)/C(=C/[N+](=O)[O-])NC. The Morgan fingerprint density at radius 1 is 1.21 bits per heavy atom. The van der Waals surface area contributed by atoms with E-state index in [9.17, 15) is 10.1 Å². The van der Waals surface area contributed by atoms with Crippen LogP contribution < -0.4 is 5.32 Å². The highest BCUT2D eigenvalue weighted by Crippen LogP contribution is 2.11. The average Bonchev–Trinajstić information content (AvgIpc) is 2.79. The van der Waals surface area contributed by atoms with E-state index in [1.165, 1.54) is 0 Å². The third-order valence-electron chi connectivity index (χ3n) is 4.34. The van der Waals surface area contributed by atoms with E-state index in [2.05, 4.69) is 20.3 Å². The minimum atomic E-state index is -0.478. The molecule has 0 aliphatic rings. The third kappa shape index (κ3) is 10.6. The van der Waals surface area contributed by atoms with Gasteiger partial charge < -0.3 is 15.1 Å². The van der Waals surface area contributed by atoms with E-state index in [1.54, 1.807) is 44.7 Å². The topological polar surface area (TPSA) is 124 Å². The summed E-state index contributed by atoms with van der Waals surface area (Å²) in [6, 6.07) is 7.17. The minimum Gasteiger partial charge on any atom is -0.370 e. The summed E-state index contributed by atoms with van der Waals surface area (Å²) >= 11 is 11.4. The van der Waals surface area contributed by atoms with Gasteiger partial charge in [-0.15, -0.1) is 0 Å². The van der Waals surface area contributed by atoms with Gasteiger partial charge in [0.05, 0.1) is 4.92 Å². The van der Waals surface area contributed by atoms with Crippen LogP contribution in [0.2, 0.25) is 10.3 Å². The van der Waals surface area contributed by atoms with Gasteiger partial charge in [0, 0.05) is 46.1 Å². The summed E-state index contributed by atoms with van der Waals surface area (Å²) in [6.45, 7) is 5.53. The van der Waals surface area contributed by atoms with Gasteiger partial charge in [0.1, 0.15) is 16.1 Å². The van der Waals surface area contributed by atoms with Crippen molar-refractivity contribution in [3.63, 3.8) is 0 Å². The third-order valence-corrected chi connectivity index (χ3v) is 4.79. The molecule has 33 heavy (non-hydrogen) atoms. The Morgan fingerprint density at radius 3 is 2.15 bits per heavy atom. The lowest BCUT2D eigenvalue weighted by molar-refractivity contribution is -0.404. The molecule has 1 N–H and O–H groups in total. The summed E-state index contributed by atoms with van der Waals surface area (Å²) < 4.78 is 0. The van der Waals surface area contributed by atoms with Crippen molar-refractivity contribution in [2.24, 2.45) is 4.99 Å². The van der Waals surface area contributed by atoms with Gasteiger partial charge in [-0.1, -0.05) is 35.3 Å². The number of hydrogen-bond acceptors (Lipinski definition) is 8. The molecule has 0 aliphatic carbocycles. The summed E-state index contributed by atoms with van der Waals surface area (Å²) in [5.74, 6) is 1.13. The molecular formula is C21H26Cl2N8O2. The number of aliphatic imine (C=N–C) groups is 1. The number of pyridine rings is 2. The molecule has 0 fully saturated rings. The van der Waals surface area contributed by atoms with Crippen LogP contribution in [0.4, 0.5) is 0 Å². The number of rotatable bonds is 8. The predicted octanol–water partition coefficient (Wildman–Crippen LogP) is 3.92. The normalized spacial score (nSPS) is 11.1. The van der Waals surface area contributed by atoms with Crippen molar-refractivity contribution in [3.8, 4) is 6.19 Å². The molecule has 176 valence electrons. The Kier molecular flexibility index (Phi) is 12.2. The Morgan fingerprint density at radius 2 is 1.76 bits per heavy atom. The van der Waals surface area contributed by atoms with Crippen LogP contribution in [0.5, 0.6) is 0 Å². The quantitative estimate of drug-likeness (QED) is 0.147. The summed E-state index contributed by atoms with van der Waals surface area (Å²) in [6.07, 6.45) is 6.07. The van der Waals surface area contributed by atoms with Gasteiger partial charge in [-0.25, -0.2) is 9.97 Å². The number of aromatic nitrogens is 2. The Balaban J connectivity index is 0.000000335. The molecule has 0 amide bonds. The zero-order valence-electron chi connectivity index (χ0n) is 18.9. The second-order valence-electron chi connectivity index (χ2n) is 6.66. The highest BCUT2D eigenvalue weighted by molar-refractivity contribution is 6.29. The van der Waals surface area contributed by atoms with Gasteiger partial charge in [-0.3, -0.25) is 10.1 Å². The van der Waals surface area contributed by atoms with Gasteiger partial charge in [-0.05, 0) is 37.1 Å². The van der Waals surface area contributed by atoms with Crippen molar-refractivity contribution in [1.29, 1.82) is 5.26 Å². The van der Waals surface area contributed by atoms with Crippen LogP contribution >= 0.6 is 23.2 Å². The van der Waals surface area contributed by atoms with E-state index in [0.717, 1.165) is 17.3 Å². The molecule has 0 spiro atoms. The first kappa shape index (κ1) is 27.6. The van der Waals surface area contributed by atoms with E-state index < -0.39 is 4.92 Å². The maximum atomic E-state index is 10.5. The molecule has 0 unspecified atom stereocenters. The van der Waals surface area contributed by atoms with Crippen LogP contribution in [0, 0.1) is 21.6 Å². The van der Waals surface area contributed by atoms with Gasteiger partial charge in [0.2, 0.25) is 6.19 Å². The lowest BCUT2D eigenvalue weighted by atomic mass is 10.2. The monoisotopic (exact) mass is 492 g/mol. The first-order chi connectivity index (χ1) is 15.7. The standard InChI is InChI=1S/C11H15ClN4O2.C10H11ClN4/c1-3-15(11(13-2)8-16(17)18)7-9-4-5-10(12)14-6-9;1-8(14-7-12)15(2)6-9-3-4-10(11)13-5-9/h4-6,8,13H,3,7H2,1-2H3;3-5H,6H2,1-2H3/b11-8+;14-8+. The van der Waals surface area contributed by atoms with Crippen LogP contribution in [0.1, 0.15) is 25.0 Å². The van der Waals surface area contributed by atoms with Gasteiger partial charge in [0.25, 0.3) is 6.20 Å². The molecule has 2 heterocycles. The molecule has 2 rings (SSSR count). The maximum absolute atomic E-state index is 10.5. The average molecular weight is 493 g/mol. The Hall–Kier alpha value is -3.42. The van der Waals surface area contributed by atoms with Crippen molar-refractivity contribution >= 4 is 29.0 Å². The maximum Gasteiger partial charge on any atom is 0.274 e. The molecular weight excluding hydrogens is 467 g/mol. The van der Waals surface area contributed by atoms with E-state index in [1.807, 2.05) is 35.9 Å². The Labute approximate surface area is 203 Å². The zero-order valence-corrected chi connectivity index (χ0v) is 20.4. The van der Waals surface area contributed by atoms with Gasteiger partial charge >= 0.3 is 0 Å². The molecule has 0 aromatic carbocycles. The van der Waals surface area contributed by atoms with Gasteiger partial charge in [0.15, 0.2) is 5.82 Å². The minimum absolute atomic E-state index is 0.427. The van der Waals surface area contributed by atoms with Crippen molar-refractivity contribution in [1.82, 2.24) is 25.1 Å². The van der Waals surface area contributed by atoms with Crippen molar-refractivity contribution in [2.75, 3.05) is 20.6 Å². The molecule has 10 nitrogen and oxygen atoms in total. The summed E-state index contributed by atoms with van der Waals surface area (Å²) in [5.41, 5.74) is 1.96. The predicted molar refractivity (Wildman–Crippen MR) is 129 cm³/mol. The van der Waals surface area contributed by atoms with E-state index >= 15 is 0 Å². The number of hydrogen-bond donors (Lipinski definition) is 1. The molecule has 0 saturated heterocycles. The summed E-state index contributed by atoms with van der Waals surface area (Å²) in [4.78, 5) is 25.3. The van der Waals surface area contributed by atoms with Crippen LogP contribution in [0.3, 0.4) is 0 Å². The Bertz CT molecular complexity index is 989. The fourth-order valence-corrected chi connectivity index (χ4v) is 2.76. The van der Waals surface area contributed by atoms with E-state index in [-0.39, 0.29) is 0 Å². The molecule has 0 bridgehead atoms. The number of nitriles is 1. The molecule has 0 aliphatic heterocycles. The number of nitrogens with zero attached hydrogens (tertiary/aromatic N) is 7. The van der Waals surface area contributed by atoms with Gasteiger partial charge in [-0.2, -0.15) is 10.3 Å². The van der Waals surface area contributed by atoms with Crippen LogP contribution in [-0.2, 0) is 13.1 Å². The van der Waals surface area contributed by atoms with Crippen molar-refractivity contribution in [3.05, 3.63) is 80.2 Å². The first-order valence-corrected chi connectivity index (χ1v) is 10.6. The number of nitrogens with one attached hydrogen (secondary N) is 1. The van der Waals surface area contributed by atoms with Crippen molar-refractivity contribution in [2.45, 2.75) is 26.9 Å². The molecule has 0 saturated carbocycles. The molecule has 2 aromatic heterocycles. The van der Waals surface area contributed by atoms with Crippen molar-refractivity contribution < 1.29 is 4.92 Å². The number of nitro groups is 1. The zero-order chi connectivity index (χ0) is 24.8. The molecule has 0 atom stereocenters. The van der Waals surface area contributed by atoms with E-state index in [4.69, 9.17) is 28.5 Å². The highest BCUT2D eigenvalue weighted by atomic mass is 35.5. The molecule has 12 heteroatoms. The van der Waals surface area contributed by atoms with Crippen LogP contribution in [-0.4, -0.2) is 51.2 Å². The van der Waals surface area contributed by atoms with E-state index in [0.29, 0.717) is 41.6 Å². The fourth-order valence-electron chi connectivity index (χ4n) is 2.54. The lowest BCUT2D eigenvalue weighted by Crippen LogP contribution is -2.30. The fraction of sp³-hybridized carbons (Fsp3) is 0.333. The second-order valence-corrected chi connectivity index (χ2v) is 7.43. The van der Waals surface area contributed by atoms with Crippen LogP contribution in [0.25, 0.3) is 0 Å². The highest BCUT2D eigenvalue weighted by Gasteiger charge is 2.11. The lowest BCUT2D eigenvalue weighted by Gasteiger charge is -2.23. The summed E-state index contributed by atoms with van der Waals surface area (Å²) in [7, 11) is 3.52. The molecule has 0 radical (unpaired) electrons. The molecule has 2 aromatic rings. The number of halogens is 2. The smallest absolute Gasteiger partial charge is 0.274 e. The van der Waals surface area contributed by atoms with Crippen LogP contribution in [0.15, 0.2) is 53.7 Å². The largest absolute Gasteiger partial charge is 0.370 e. The first-order valence-electron chi connectivity index (χ1n) is 9.83. The summed E-state index contributed by atoms with van der Waals surface area (Å²) in [5, 5.41) is 22.6.